The fraction of sp³-hybridized carbons (Fsp3) is 0.538. The number of anilines is 1. The van der Waals surface area contributed by atoms with Crippen LogP contribution < -0.4 is 10.1 Å². The highest BCUT2D eigenvalue weighted by atomic mass is 16.6. The van der Waals surface area contributed by atoms with Crippen molar-refractivity contribution < 1.29 is 14.8 Å². The molecule has 2 N–H and O–H groups in total. The molecule has 1 aromatic carbocycles. The smallest absolute Gasteiger partial charge is 0.311 e. The third kappa shape index (κ3) is 3.35. The molecule has 104 valence electrons. The van der Waals surface area contributed by atoms with Crippen molar-refractivity contribution in [1.29, 1.82) is 0 Å². The molecule has 1 aromatic rings. The number of nitro benzene ring substituents is 1. The van der Waals surface area contributed by atoms with Gasteiger partial charge in [0.25, 0.3) is 0 Å². The van der Waals surface area contributed by atoms with Crippen LogP contribution in [0, 0.1) is 10.1 Å². The predicted molar refractivity (Wildman–Crippen MR) is 71.5 cm³/mol. The van der Waals surface area contributed by atoms with Crippen LogP contribution in [0.25, 0.3) is 0 Å². The van der Waals surface area contributed by atoms with E-state index in [2.05, 4.69) is 5.32 Å². The van der Waals surface area contributed by atoms with Gasteiger partial charge in [0.05, 0.1) is 17.6 Å². The summed E-state index contributed by atoms with van der Waals surface area (Å²) in [5.74, 6) is 0.289. The molecule has 0 unspecified atom stereocenters. The summed E-state index contributed by atoms with van der Waals surface area (Å²) >= 11 is 0. The molecule has 0 amide bonds. The maximum Gasteiger partial charge on any atom is 0.311 e. The molecule has 1 fully saturated rings. The minimum absolute atomic E-state index is 0.0207. The molecule has 0 aromatic heterocycles. The Labute approximate surface area is 111 Å². The molecule has 0 atom stereocenters. The monoisotopic (exact) mass is 266 g/mol. The van der Waals surface area contributed by atoms with E-state index in [4.69, 9.17) is 4.74 Å². The van der Waals surface area contributed by atoms with E-state index in [1.165, 1.54) is 6.07 Å². The Hall–Kier alpha value is -1.82. The predicted octanol–water partition coefficient (Wildman–Crippen LogP) is 2.32. The van der Waals surface area contributed by atoms with Crippen LogP contribution in [0.2, 0.25) is 0 Å². The summed E-state index contributed by atoms with van der Waals surface area (Å²) in [5, 5.41) is 23.4. The second kappa shape index (κ2) is 5.88. The minimum Gasteiger partial charge on any atom is -0.487 e. The molecule has 0 spiro atoms. The van der Waals surface area contributed by atoms with Crippen molar-refractivity contribution in [2.45, 2.75) is 38.3 Å². The summed E-state index contributed by atoms with van der Waals surface area (Å²) in [6.45, 7) is 2.40. The summed E-state index contributed by atoms with van der Waals surface area (Å²) in [6, 6.07) is 5.00. The number of ether oxygens (including phenoxy) is 1. The number of nitrogens with one attached hydrogen (secondary N) is 1. The molecule has 0 heterocycles. The van der Waals surface area contributed by atoms with E-state index >= 15 is 0 Å². The highest BCUT2D eigenvalue weighted by Gasteiger charge is 2.27. The third-order valence-corrected chi connectivity index (χ3v) is 3.10. The van der Waals surface area contributed by atoms with Crippen LogP contribution in [-0.4, -0.2) is 28.8 Å². The maximum atomic E-state index is 10.9. The Balaban J connectivity index is 2.10. The van der Waals surface area contributed by atoms with Crippen molar-refractivity contribution in [2.75, 3.05) is 11.9 Å². The number of hydrogen-bond donors (Lipinski definition) is 2. The average Bonchev–Trinajstić information content (AvgIpc) is 2.34. The van der Waals surface area contributed by atoms with Gasteiger partial charge in [0.15, 0.2) is 5.75 Å². The van der Waals surface area contributed by atoms with Gasteiger partial charge in [-0.05, 0) is 25.3 Å². The van der Waals surface area contributed by atoms with Crippen LogP contribution >= 0.6 is 0 Å². The molecule has 1 aliphatic rings. The summed E-state index contributed by atoms with van der Waals surface area (Å²) in [5.41, 5.74) is 0.765. The van der Waals surface area contributed by atoms with Crippen molar-refractivity contribution in [2.24, 2.45) is 0 Å². The second-order valence-electron chi connectivity index (χ2n) is 4.75. The van der Waals surface area contributed by atoms with Crippen molar-refractivity contribution in [1.82, 2.24) is 0 Å². The first kappa shape index (κ1) is 13.6. The number of benzene rings is 1. The Morgan fingerprint density at radius 2 is 2.26 bits per heavy atom. The van der Waals surface area contributed by atoms with Gasteiger partial charge in [-0.2, -0.15) is 0 Å². The van der Waals surface area contributed by atoms with Gasteiger partial charge >= 0.3 is 5.69 Å². The Morgan fingerprint density at radius 3 is 2.84 bits per heavy atom. The molecule has 1 aliphatic carbocycles. The molecule has 6 nitrogen and oxygen atoms in total. The zero-order chi connectivity index (χ0) is 13.8. The van der Waals surface area contributed by atoms with Crippen LogP contribution in [0.4, 0.5) is 11.4 Å². The first-order valence-electron chi connectivity index (χ1n) is 6.46. The van der Waals surface area contributed by atoms with Crippen LogP contribution in [-0.2, 0) is 0 Å². The lowest BCUT2D eigenvalue weighted by Crippen LogP contribution is -2.38. The minimum atomic E-state index is -0.443. The molecule has 0 aliphatic heterocycles. The number of aliphatic hydroxyl groups is 1. The molecule has 0 saturated heterocycles. The summed E-state index contributed by atoms with van der Waals surface area (Å²) < 4.78 is 5.41. The van der Waals surface area contributed by atoms with Crippen molar-refractivity contribution in [3.8, 4) is 5.75 Å². The van der Waals surface area contributed by atoms with Crippen LogP contribution in [0.1, 0.15) is 26.2 Å². The van der Waals surface area contributed by atoms with Gasteiger partial charge in [-0.25, -0.2) is 0 Å². The quantitative estimate of drug-likeness (QED) is 0.609. The molecular weight excluding hydrogens is 248 g/mol. The van der Waals surface area contributed by atoms with E-state index in [-0.39, 0.29) is 23.6 Å². The van der Waals surface area contributed by atoms with E-state index in [0.29, 0.717) is 19.4 Å². The number of nitrogens with zero attached hydrogens (tertiary/aromatic N) is 1. The highest BCUT2D eigenvalue weighted by molar-refractivity contribution is 5.58. The van der Waals surface area contributed by atoms with Crippen molar-refractivity contribution >= 4 is 11.4 Å². The zero-order valence-electron chi connectivity index (χ0n) is 10.8. The molecule has 2 rings (SSSR count). The van der Waals surface area contributed by atoms with Gasteiger partial charge in [0.1, 0.15) is 0 Å². The normalized spacial score (nSPS) is 21.6. The van der Waals surface area contributed by atoms with E-state index in [0.717, 1.165) is 12.1 Å². The molecule has 19 heavy (non-hydrogen) atoms. The lowest BCUT2D eigenvalue weighted by molar-refractivity contribution is -0.385. The molecule has 0 radical (unpaired) electrons. The molecule has 0 bridgehead atoms. The van der Waals surface area contributed by atoms with Crippen LogP contribution in [0.5, 0.6) is 5.75 Å². The van der Waals surface area contributed by atoms with E-state index in [1.54, 1.807) is 12.1 Å². The fourth-order valence-corrected chi connectivity index (χ4v) is 2.02. The van der Waals surface area contributed by atoms with Gasteiger partial charge in [-0.3, -0.25) is 10.1 Å². The largest absolute Gasteiger partial charge is 0.487 e. The first-order valence-corrected chi connectivity index (χ1v) is 6.46. The van der Waals surface area contributed by atoms with Gasteiger partial charge in [-0.1, -0.05) is 6.92 Å². The van der Waals surface area contributed by atoms with Crippen LogP contribution in [0.15, 0.2) is 18.2 Å². The standard InChI is InChI=1S/C13H18N2O4/c1-2-5-19-13-8-9(3-4-12(13)15(17)18)14-10-6-11(16)7-10/h3-4,8,10-11,14,16H,2,5-7H2,1H3. The number of aliphatic hydroxyl groups excluding tert-OH is 1. The fourth-order valence-electron chi connectivity index (χ4n) is 2.02. The molecule has 1 saturated carbocycles. The highest BCUT2D eigenvalue weighted by Crippen LogP contribution is 2.32. The number of hydrogen-bond acceptors (Lipinski definition) is 5. The Morgan fingerprint density at radius 1 is 1.53 bits per heavy atom. The maximum absolute atomic E-state index is 10.9. The SMILES string of the molecule is CCCOc1cc(NC2CC(O)C2)ccc1[N+](=O)[O-]. The van der Waals surface area contributed by atoms with Crippen LogP contribution in [0.3, 0.4) is 0 Å². The second-order valence-corrected chi connectivity index (χ2v) is 4.75. The topological polar surface area (TPSA) is 84.6 Å². The van der Waals surface area contributed by atoms with Crippen molar-refractivity contribution in [3.63, 3.8) is 0 Å². The Kier molecular flexibility index (Phi) is 4.21. The van der Waals surface area contributed by atoms with E-state index < -0.39 is 4.92 Å². The zero-order valence-corrected chi connectivity index (χ0v) is 10.8. The van der Waals surface area contributed by atoms with Gasteiger partial charge in [0, 0.05) is 23.9 Å². The van der Waals surface area contributed by atoms with Gasteiger partial charge < -0.3 is 15.2 Å². The summed E-state index contributed by atoms with van der Waals surface area (Å²) in [6.07, 6.45) is 1.99. The average molecular weight is 266 g/mol. The van der Waals surface area contributed by atoms with Crippen molar-refractivity contribution in [3.05, 3.63) is 28.3 Å². The van der Waals surface area contributed by atoms with E-state index in [9.17, 15) is 15.2 Å². The summed E-state index contributed by atoms with van der Waals surface area (Å²) in [7, 11) is 0. The molecular formula is C13H18N2O4. The van der Waals surface area contributed by atoms with E-state index in [1.807, 2.05) is 6.92 Å². The third-order valence-electron chi connectivity index (χ3n) is 3.10. The number of nitro groups is 1. The van der Waals surface area contributed by atoms with Gasteiger partial charge in [0.2, 0.25) is 0 Å². The molecule has 6 heteroatoms. The lowest BCUT2D eigenvalue weighted by atomic mass is 9.89. The number of rotatable bonds is 6. The Bertz CT molecular complexity index is 458. The lowest BCUT2D eigenvalue weighted by Gasteiger charge is -2.32. The first-order chi connectivity index (χ1) is 9.10. The van der Waals surface area contributed by atoms with Gasteiger partial charge in [-0.15, -0.1) is 0 Å². The summed E-state index contributed by atoms with van der Waals surface area (Å²) in [4.78, 5) is 10.5.